The molecule has 0 N–H and O–H groups in total. The number of hydrogen-bond acceptors (Lipinski definition) is 3. The summed E-state index contributed by atoms with van der Waals surface area (Å²) < 4.78 is 11.4. The molecule has 0 aliphatic heterocycles. The Bertz CT molecular complexity index is 351. The third-order valence-electron chi connectivity index (χ3n) is 3.52. The second-order valence-corrected chi connectivity index (χ2v) is 6.98. The lowest BCUT2D eigenvalue weighted by Gasteiger charge is -2.29. The molecule has 1 atom stereocenters. The summed E-state index contributed by atoms with van der Waals surface area (Å²) in [5.74, 6) is 0.738. The number of hydrogen-bond donors (Lipinski definition) is 0. The van der Waals surface area contributed by atoms with Crippen molar-refractivity contribution in [1.82, 2.24) is 0 Å². The van der Waals surface area contributed by atoms with E-state index in [9.17, 15) is 4.79 Å². The van der Waals surface area contributed by atoms with Crippen LogP contribution < -0.4 is 0 Å². The highest BCUT2D eigenvalue weighted by molar-refractivity contribution is 5.74. The molecule has 1 unspecified atom stereocenters. The van der Waals surface area contributed by atoms with Gasteiger partial charge in [-0.25, -0.2) is 0 Å². The van der Waals surface area contributed by atoms with Gasteiger partial charge in [-0.2, -0.15) is 0 Å². The van der Waals surface area contributed by atoms with Gasteiger partial charge in [0.25, 0.3) is 0 Å². The highest BCUT2D eigenvalue weighted by Crippen LogP contribution is 2.30. The molecule has 0 radical (unpaired) electrons. The molecule has 0 saturated heterocycles. The molecular weight excluding hydrogens is 252 g/mol. The van der Waals surface area contributed by atoms with Gasteiger partial charge < -0.3 is 9.47 Å². The lowest BCUT2D eigenvalue weighted by Crippen LogP contribution is -2.36. The first kappa shape index (κ1) is 17.2. The highest BCUT2D eigenvalue weighted by Gasteiger charge is 2.33. The van der Waals surface area contributed by atoms with Crippen molar-refractivity contribution >= 4 is 5.97 Å². The van der Waals surface area contributed by atoms with Gasteiger partial charge in [0.05, 0.1) is 17.6 Å². The van der Waals surface area contributed by atoms with Gasteiger partial charge in [0.1, 0.15) is 6.61 Å². The maximum atomic E-state index is 11.6. The van der Waals surface area contributed by atoms with Crippen molar-refractivity contribution in [2.24, 2.45) is 11.8 Å². The molecule has 0 amide bonds. The Hall–Kier alpha value is -0.830. The van der Waals surface area contributed by atoms with E-state index in [0.29, 0.717) is 12.5 Å². The molecule has 0 bridgehead atoms. The van der Waals surface area contributed by atoms with Crippen LogP contribution in [-0.4, -0.2) is 24.3 Å². The van der Waals surface area contributed by atoms with Crippen LogP contribution in [0.4, 0.5) is 0 Å². The normalized spacial score (nSPS) is 18.2. The molecule has 0 spiro atoms. The Balaban J connectivity index is 2.38. The first-order valence-corrected chi connectivity index (χ1v) is 7.72. The van der Waals surface area contributed by atoms with Crippen LogP contribution >= 0.6 is 0 Å². The molecule has 1 fully saturated rings. The fourth-order valence-electron chi connectivity index (χ4n) is 1.87. The minimum Gasteiger partial charge on any atom is -0.462 e. The van der Waals surface area contributed by atoms with Crippen LogP contribution in [0.15, 0.2) is 11.6 Å². The lowest BCUT2D eigenvalue weighted by atomic mass is 10.0. The third-order valence-corrected chi connectivity index (χ3v) is 3.52. The molecule has 1 aliphatic rings. The molecule has 1 aliphatic carbocycles. The van der Waals surface area contributed by atoms with Crippen molar-refractivity contribution in [1.29, 1.82) is 0 Å². The predicted molar refractivity (Wildman–Crippen MR) is 81.5 cm³/mol. The first-order chi connectivity index (χ1) is 9.21. The Morgan fingerprint density at radius 1 is 1.30 bits per heavy atom. The van der Waals surface area contributed by atoms with E-state index in [-0.39, 0.29) is 18.0 Å². The smallest absolute Gasteiger partial charge is 0.309 e. The fraction of sp³-hybridized carbons (Fsp3) is 0.824. The van der Waals surface area contributed by atoms with E-state index < -0.39 is 5.60 Å². The standard InChI is InChI=1S/C17H30O3/c1-12(2)7-8-13(3)14(4)20-17(5,6)11-19-16(18)15-9-10-15/h8,12,14-15H,7,9-11H2,1-6H3. The van der Waals surface area contributed by atoms with Crippen LogP contribution in [0.1, 0.15) is 60.8 Å². The van der Waals surface area contributed by atoms with Crippen molar-refractivity contribution < 1.29 is 14.3 Å². The zero-order chi connectivity index (χ0) is 15.3. The molecular formula is C17H30O3. The Labute approximate surface area is 123 Å². The van der Waals surface area contributed by atoms with Crippen LogP contribution in [0.25, 0.3) is 0 Å². The summed E-state index contributed by atoms with van der Waals surface area (Å²) in [6.07, 6.45) is 5.31. The van der Waals surface area contributed by atoms with Crippen LogP contribution in [0.2, 0.25) is 0 Å². The van der Waals surface area contributed by atoms with E-state index in [1.807, 2.05) is 13.8 Å². The van der Waals surface area contributed by atoms with Gasteiger partial charge in [0.2, 0.25) is 0 Å². The zero-order valence-electron chi connectivity index (χ0n) is 13.9. The monoisotopic (exact) mass is 282 g/mol. The molecule has 0 aromatic rings. The molecule has 0 aromatic carbocycles. The largest absolute Gasteiger partial charge is 0.462 e. The van der Waals surface area contributed by atoms with Gasteiger partial charge in [0.15, 0.2) is 0 Å². The third kappa shape index (κ3) is 6.56. The number of esters is 1. The number of rotatable bonds is 8. The van der Waals surface area contributed by atoms with Crippen molar-refractivity contribution in [2.45, 2.75) is 72.5 Å². The summed E-state index contributed by atoms with van der Waals surface area (Å²) in [6, 6.07) is 0. The van der Waals surface area contributed by atoms with Crippen LogP contribution in [0.3, 0.4) is 0 Å². The summed E-state index contributed by atoms with van der Waals surface area (Å²) in [5.41, 5.74) is 0.789. The van der Waals surface area contributed by atoms with Crippen molar-refractivity contribution in [3.8, 4) is 0 Å². The lowest BCUT2D eigenvalue weighted by molar-refractivity contribution is -0.157. The molecule has 3 nitrogen and oxygen atoms in total. The van der Waals surface area contributed by atoms with E-state index in [2.05, 4.69) is 33.8 Å². The molecule has 3 heteroatoms. The van der Waals surface area contributed by atoms with E-state index in [4.69, 9.17) is 9.47 Å². The maximum absolute atomic E-state index is 11.6. The van der Waals surface area contributed by atoms with Gasteiger partial charge in [-0.05, 0) is 58.4 Å². The maximum Gasteiger partial charge on any atom is 0.309 e. The van der Waals surface area contributed by atoms with Crippen molar-refractivity contribution in [2.75, 3.05) is 6.61 Å². The van der Waals surface area contributed by atoms with Crippen molar-refractivity contribution in [3.05, 3.63) is 11.6 Å². The second-order valence-electron chi connectivity index (χ2n) is 6.98. The Morgan fingerprint density at radius 2 is 1.90 bits per heavy atom. The van der Waals surface area contributed by atoms with Gasteiger partial charge in [-0.1, -0.05) is 19.9 Å². The quantitative estimate of drug-likeness (QED) is 0.496. The average molecular weight is 282 g/mol. The van der Waals surface area contributed by atoms with E-state index >= 15 is 0 Å². The minimum absolute atomic E-state index is 0.0448. The van der Waals surface area contributed by atoms with Gasteiger partial charge in [-0.15, -0.1) is 0 Å². The summed E-state index contributed by atoms with van der Waals surface area (Å²) in [5, 5.41) is 0. The fourth-order valence-corrected chi connectivity index (χ4v) is 1.87. The summed E-state index contributed by atoms with van der Waals surface area (Å²) in [4.78, 5) is 11.6. The number of carbonyl (C=O) groups is 1. The zero-order valence-corrected chi connectivity index (χ0v) is 13.9. The Morgan fingerprint density at radius 3 is 2.40 bits per heavy atom. The topological polar surface area (TPSA) is 35.5 Å². The number of ether oxygens (including phenoxy) is 2. The molecule has 0 aromatic heterocycles. The van der Waals surface area contributed by atoms with Crippen LogP contribution in [0, 0.1) is 11.8 Å². The number of carbonyl (C=O) groups excluding carboxylic acids is 1. The SMILES string of the molecule is CC(=CCC(C)C)C(C)OC(C)(C)COC(=O)C1CC1. The van der Waals surface area contributed by atoms with E-state index in [0.717, 1.165) is 19.3 Å². The van der Waals surface area contributed by atoms with E-state index in [1.165, 1.54) is 5.57 Å². The highest BCUT2D eigenvalue weighted by atomic mass is 16.6. The predicted octanol–water partition coefficient (Wildman–Crippen LogP) is 4.12. The summed E-state index contributed by atoms with van der Waals surface area (Å²) in [6.45, 7) is 12.8. The molecule has 1 rings (SSSR count). The minimum atomic E-state index is -0.448. The summed E-state index contributed by atoms with van der Waals surface area (Å²) in [7, 11) is 0. The van der Waals surface area contributed by atoms with Crippen LogP contribution in [-0.2, 0) is 14.3 Å². The van der Waals surface area contributed by atoms with E-state index in [1.54, 1.807) is 0 Å². The molecule has 20 heavy (non-hydrogen) atoms. The molecule has 1 saturated carbocycles. The molecule has 116 valence electrons. The molecule has 0 heterocycles. The van der Waals surface area contributed by atoms with Gasteiger partial charge in [-0.3, -0.25) is 4.79 Å². The Kier molecular flexibility index (Phi) is 6.25. The summed E-state index contributed by atoms with van der Waals surface area (Å²) >= 11 is 0. The van der Waals surface area contributed by atoms with Gasteiger partial charge >= 0.3 is 5.97 Å². The second kappa shape index (κ2) is 7.26. The van der Waals surface area contributed by atoms with Gasteiger partial charge in [0, 0.05) is 0 Å². The first-order valence-electron chi connectivity index (χ1n) is 7.72. The van der Waals surface area contributed by atoms with Crippen LogP contribution in [0.5, 0.6) is 0 Å². The average Bonchev–Trinajstić information content (AvgIpc) is 3.16. The number of allylic oxidation sites excluding steroid dienone is 1. The van der Waals surface area contributed by atoms with Crippen molar-refractivity contribution in [3.63, 3.8) is 0 Å².